The van der Waals surface area contributed by atoms with Crippen LogP contribution >= 0.6 is 0 Å². The molecule has 0 radical (unpaired) electrons. The van der Waals surface area contributed by atoms with Gasteiger partial charge in [-0.05, 0) is 35.9 Å². The number of hydrogen-bond donors (Lipinski definition) is 1. The van der Waals surface area contributed by atoms with Crippen molar-refractivity contribution in [1.82, 2.24) is 9.83 Å². The smallest absolute Gasteiger partial charge is 0.289 e. The first-order valence-corrected chi connectivity index (χ1v) is 15.6. The molecule has 0 aliphatic rings. The third-order valence-corrected chi connectivity index (χ3v) is 9.99. The molecule has 8 nitrogen and oxygen atoms in total. The maximum atomic E-state index is 13.6. The SMILES string of the molecule is CCCS(=O)(=O)c1c(S(=O)(=O)CCC)c2c3ccccc3ccn2c1C(=O)NN=C/C=C\c1ccccc1. The summed E-state index contributed by atoms with van der Waals surface area (Å²) in [5.41, 5.74) is 3.21. The Morgan fingerprint density at radius 1 is 0.868 bits per heavy atom. The van der Waals surface area contributed by atoms with Gasteiger partial charge in [0.1, 0.15) is 15.5 Å². The molecule has 198 valence electrons. The summed E-state index contributed by atoms with van der Waals surface area (Å²) >= 11 is 0. The zero-order valence-corrected chi connectivity index (χ0v) is 22.8. The third-order valence-electron chi connectivity index (χ3n) is 5.93. The standard InChI is InChI=1S/C28H29N3O5S2/c1-3-19-37(33,34)26-24-23-15-9-8-14-22(23)16-18-31(24)25(27(26)38(35,36)20-4-2)28(32)30-29-17-10-13-21-11-6-5-7-12-21/h5-18H,3-4,19-20H2,1-2H3,(H,30,32)/b13-10-,29-17?. The van der Waals surface area contributed by atoms with Crippen LogP contribution in [-0.2, 0) is 19.7 Å². The molecule has 0 saturated heterocycles. The van der Waals surface area contributed by atoms with E-state index in [0.29, 0.717) is 5.39 Å². The monoisotopic (exact) mass is 551 g/mol. The first-order chi connectivity index (χ1) is 18.2. The largest absolute Gasteiger partial charge is 0.309 e. The lowest BCUT2D eigenvalue weighted by Crippen LogP contribution is -2.23. The van der Waals surface area contributed by atoms with Gasteiger partial charge < -0.3 is 4.40 Å². The molecule has 0 aliphatic carbocycles. The number of sulfone groups is 2. The molecule has 1 amide bonds. The average Bonchev–Trinajstić information content (AvgIpc) is 3.27. The highest BCUT2D eigenvalue weighted by molar-refractivity contribution is 7.94. The number of amides is 1. The number of nitrogens with one attached hydrogen (secondary N) is 1. The van der Waals surface area contributed by atoms with Crippen molar-refractivity contribution in [2.75, 3.05) is 11.5 Å². The van der Waals surface area contributed by atoms with Gasteiger partial charge in [-0.1, -0.05) is 74.5 Å². The van der Waals surface area contributed by atoms with Crippen LogP contribution in [0.2, 0.25) is 0 Å². The Hall–Kier alpha value is -3.76. The van der Waals surface area contributed by atoms with Crippen molar-refractivity contribution < 1.29 is 21.6 Å². The van der Waals surface area contributed by atoms with Crippen LogP contribution in [0.5, 0.6) is 0 Å². The number of allylic oxidation sites excluding steroid dienone is 1. The number of aromatic nitrogens is 1. The van der Waals surface area contributed by atoms with Crippen LogP contribution in [0, 0.1) is 0 Å². The van der Waals surface area contributed by atoms with Gasteiger partial charge in [0, 0.05) is 17.8 Å². The molecule has 0 saturated carbocycles. The van der Waals surface area contributed by atoms with Gasteiger partial charge in [-0.2, -0.15) is 5.10 Å². The van der Waals surface area contributed by atoms with E-state index in [2.05, 4.69) is 10.5 Å². The summed E-state index contributed by atoms with van der Waals surface area (Å²) in [6, 6.07) is 18.3. The van der Waals surface area contributed by atoms with E-state index in [1.807, 2.05) is 42.5 Å². The molecular weight excluding hydrogens is 522 g/mol. The molecule has 10 heteroatoms. The zero-order valence-electron chi connectivity index (χ0n) is 21.2. The Morgan fingerprint density at radius 3 is 2.18 bits per heavy atom. The highest BCUT2D eigenvalue weighted by atomic mass is 32.2. The average molecular weight is 552 g/mol. The number of fused-ring (bicyclic) bond motifs is 3. The quantitative estimate of drug-likeness (QED) is 0.223. The lowest BCUT2D eigenvalue weighted by molar-refractivity contribution is 0.0945. The van der Waals surface area contributed by atoms with Gasteiger partial charge in [-0.3, -0.25) is 4.79 Å². The third kappa shape index (κ3) is 5.41. The fraction of sp³-hybridized carbons (Fsp3) is 0.214. The van der Waals surface area contributed by atoms with Crippen LogP contribution < -0.4 is 5.43 Å². The molecule has 0 unspecified atom stereocenters. The fourth-order valence-electron chi connectivity index (χ4n) is 4.40. The first kappa shape index (κ1) is 27.3. The van der Waals surface area contributed by atoms with Crippen LogP contribution in [0.25, 0.3) is 22.4 Å². The fourth-order valence-corrected chi connectivity index (χ4v) is 8.39. The van der Waals surface area contributed by atoms with Gasteiger partial charge in [-0.15, -0.1) is 0 Å². The molecule has 0 atom stereocenters. The molecule has 2 aromatic carbocycles. The molecule has 0 fully saturated rings. The number of benzene rings is 2. The summed E-state index contributed by atoms with van der Waals surface area (Å²) in [4.78, 5) is 12.7. The molecule has 0 spiro atoms. The summed E-state index contributed by atoms with van der Waals surface area (Å²) in [5.74, 6) is -1.39. The van der Waals surface area contributed by atoms with Crippen molar-refractivity contribution in [3.05, 3.63) is 84.2 Å². The highest BCUT2D eigenvalue weighted by Gasteiger charge is 2.37. The minimum absolute atomic E-state index is 0.171. The van der Waals surface area contributed by atoms with Crippen LogP contribution in [0.1, 0.15) is 42.7 Å². The van der Waals surface area contributed by atoms with Crippen molar-refractivity contribution in [3.8, 4) is 0 Å². The molecule has 4 aromatic rings. The van der Waals surface area contributed by atoms with Crippen molar-refractivity contribution in [2.24, 2.45) is 5.10 Å². The van der Waals surface area contributed by atoms with Gasteiger partial charge >= 0.3 is 0 Å². The van der Waals surface area contributed by atoms with Crippen LogP contribution in [-0.4, -0.2) is 44.9 Å². The second kappa shape index (κ2) is 11.3. The van der Waals surface area contributed by atoms with Gasteiger partial charge in [0.2, 0.25) is 0 Å². The maximum Gasteiger partial charge on any atom is 0.289 e. The van der Waals surface area contributed by atoms with Crippen LogP contribution in [0.4, 0.5) is 0 Å². The normalized spacial score (nSPS) is 12.7. The molecule has 1 N–H and O–H groups in total. The van der Waals surface area contributed by atoms with E-state index in [4.69, 9.17) is 0 Å². The second-order valence-corrected chi connectivity index (χ2v) is 12.8. The van der Waals surface area contributed by atoms with Gasteiger partial charge in [-0.25, -0.2) is 22.3 Å². The van der Waals surface area contributed by atoms with E-state index in [0.717, 1.165) is 10.9 Å². The number of hydrogen-bond acceptors (Lipinski definition) is 6. The number of pyridine rings is 1. The van der Waals surface area contributed by atoms with E-state index in [-0.39, 0.29) is 40.5 Å². The Kier molecular flexibility index (Phi) is 8.13. The number of carbonyl (C=O) groups excluding carboxylic acids is 1. The Bertz CT molecular complexity index is 1750. The second-order valence-electron chi connectivity index (χ2n) is 8.76. The van der Waals surface area contributed by atoms with E-state index >= 15 is 0 Å². The minimum atomic E-state index is -4.15. The molecule has 2 aromatic heterocycles. The predicted octanol–water partition coefficient (Wildman–Crippen LogP) is 4.89. The Labute approximate surface area is 222 Å². The van der Waals surface area contributed by atoms with E-state index in [9.17, 15) is 21.6 Å². The van der Waals surface area contributed by atoms with Crippen LogP contribution in [0.15, 0.2) is 87.8 Å². The molecule has 0 aliphatic heterocycles. The summed E-state index contributed by atoms with van der Waals surface area (Å²) < 4.78 is 55.6. The minimum Gasteiger partial charge on any atom is -0.309 e. The Morgan fingerprint density at radius 2 is 1.50 bits per heavy atom. The van der Waals surface area contributed by atoms with E-state index in [1.54, 1.807) is 44.2 Å². The van der Waals surface area contributed by atoms with Gasteiger partial charge in [0.25, 0.3) is 5.91 Å². The Balaban J connectivity index is 1.93. The van der Waals surface area contributed by atoms with E-state index in [1.165, 1.54) is 16.8 Å². The topological polar surface area (TPSA) is 114 Å². The summed E-state index contributed by atoms with van der Waals surface area (Å²) in [6.45, 7) is 3.39. The number of hydrazone groups is 1. The number of nitrogens with zero attached hydrogens (tertiary/aromatic N) is 2. The van der Waals surface area contributed by atoms with E-state index < -0.39 is 30.5 Å². The summed E-state index contributed by atoms with van der Waals surface area (Å²) in [5, 5.41) is 5.20. The predicted molar refractivity (Wildman–Crippen MR) is 151 cm³/mol. The molecule has 2 heterocycles. The number of carbonyl (C=O) groups is 1. The maximum absolute atomic E-state index is 13.6. The zero-order chi connectivity index (χ0) is 27.3. The number of rotatable bonds is 10. The molecule has 4 rings (SSSR count). The summed E-state index contributed by atoms with van der Waals surface area (Å²) in [6.07, 6.45) is 6.86. The molecule has 38 heavy (non-hydrogen) atoms. The first-order valence-electron chi connectivity index (χ1n) is 12.3. The highest BCUT2D eigenvalue weighted by Crippen LogP contribution is 2.37. The van der Waals surface area contributed by atoms with Crippen molar-refractivity contribution in [1.29, 1.82) is 0 Å². The molecule has 0 bridgehead atoms. The van der Waals surface area contributed by atoms with Gasteiger partial charge in [0.05, 0.1) is 17.0 Å². The van der Waals surface area contributed by atoms with Crippen molar-refractivity contribution in [2.45, 2.75) is 36.5 Å². The summed E-state index contributed by atoms with van der Waals surface area (Å²) in [7, 11) is -8.21. The molecular formula is C28H29N3O5S2. The lowest BCUT2D eigenvalue weighted by Gasteiger charge is -2.09. The van der Waals surface area contributed by atoms with Gasteiger partial charge in [0.15, 0.2) is 19.7 Å². The van der Waals surface area contributed by atoms with Crippen molar-refractivity contribution in [3.63, 3.8) is 0 Å². The lowest BCUT2D eigenvalue weighted by atomic mass is 10.1. The van der Waals surface area contributed by atoms with Crippen molar-refractivity contribution >= 4 is 54.2 Å². The van der Waals surface area contributed by atoms with Crippen LogP contribution in [0.3, 0.4) is 0 Å².